The molecule has 0 fully saturated rings. The van der Waals surface area contributed by atoms with Crippen molar-refractivity contribution < 1.29 is 9.18 Å². The van der Waals surface area contributed by atoms with Gasteiger partial charge in [-0.15, -0.1) is 11.3 Å². The number of carbonyl (C=O) groups excluding carboxylic acids is 1. The minimum absolute atomic E-state index is 0.0951. The fourth-order valence-corrected chi connectivity index (χ4v) is 3.51. The Labute approximate surface area is 124 Å². The van der Waals surface area contributed by atoms with Crippen molar-refractivity contribution in [3.8, 4) is 0 Å². The van der Waals surface area contributed by atoms with Crippen molar-refractivity contribution >= 4 is 43.3 Å². The Morgan fingerprint density at radius 3 is 2.84 bits per heavy atom. The largest absolute Gasteiger partial charge is 0.349 e. The molecular weight excluding hydrogens is 329 g/mol. The van der Waals surface area contributed by atoms with Crippen molar-refractivity contribution in [2.45, 2.75) is 31.1 Å². The van der Waals surface area contributed by atoms with Crippen molar-refractivity contribution in [1.82, 2.24) is 5.32 Å². The molecule has 0 aliphatic carbocycles. The van der Waals surface area contributed by atoms with Crippen LogP contribution in [0.2, 0.25) is 0 Å². The third-order valence-electron chi connectivity index (χ3n) is 2.76. The zero-order chi connectivity index (χ0) is 14.0. The second kappa shape index (κ2) is 6.01. The SMILES string of the molecule is CC(Br)CC(C)NC(=O)c1cc2ccc(F)cc2s1. The van der Waals surface area contributed by atoms with Crippen LogP contribution in [0.4, 0.5) is 4.39 Å². The summed E-state index contributed by atoms with van der Waals surface area (Å²) in [6, 6.07) is 6.47. The highest BCUT2D eigenvalue weighted by Gasteiger charge is 2.14. The fraction of sp³-hybridized carbons (Fsp3) is 0.357. The lowest BCUT2D eigenvalue weighted by molar-refractivity contribution is 0.0943. The summed E-state index contributed by atoms with van der Waals surface area (Å²) in [5.41, 5.74) is 0. The summed E-state index contributed by atoms with van der Waals surface area (Å²) in [6.07, 6.45) is 0.866. The molecule has 102 valence electrons. The average Bonchev–Trinajstić information content (AvgIpc) is 2.70. The number of alkyl halides is 1. The van der Waals surface area contributed by atoms with Crippen LogP contribution < -0.4 is 5.32 Å². The Bertz CT molecular complexity index is 596. The van der Waals surface area contributed by atoms with E-state index in [0.29, 0.717) is 9.70 Å². The van der Waals surface area contributed by atoms with Gasteiger partial charge in [0.1, 0.15) is 5.82 Å². The number of fused-ring (bicyclic) bond motifs is 1. The van der Waals surface area contributed by atoms with Gasteiger partial charge >= 0.3 is 0 Å². The molecule has 0 spiro atoms. The third kappa shape index (κ3) is 3.76. The lowest BCUT2D eigenvalue weighted by Crippen LogP contribution is -2.33. The van der Waals surface area contributed by atoms with E-state index in [2.05, 4.69) is 21.2 Å². The third-order valence-corrected chi connectivity index (χ3v) is 4.23. The highest BCUT2D eigenvalue weighted by atomic mass is 79.9. The van der Waals surface area contributed by atoms with Gasteiger partial charge in [-0.2, -0.15) is 0 Å². The van der Waals surface area contributed by atoms with Crippen molar-refractivity contribution in [1.29, 1.82) is 0 Å². The minimum Gasteiger partial charge on any atom is -0.349 e. The van der Waals surface area contributed by atoms with E-state index < -0.39 is 0 Å². The second-order valence-electron chi connectivity index (χ2n) is 4.68. The summed E-state index contributed by atoms with van der Waals surface area (Å²) in [4.78, 5) is 13.1. The maximum Gasteiger partial charge on any atom is 0.261 e. The molecule has 2 aromatic rings. The molecule has 0 saturated carbocycles. The lowest BCUT2D eigenvalue weighted by Gasteiger charge is -2.14. The molecular formula is C14H15BrFNOS. The number of halogens is 2. The van der Waals surface area contributed by atoms with Gasteiger partial charge in [-0.1, -0.05) is 28.9 Å². The summed E-state index contributed by atoms with van der Waals surface area (Å²) in [5, 5.41) is 3.85. The maximum atomic E-state index is 13.1. The molecule has 1 amide bonds. The molecule has 1 aromatic heterocycles. The number of nitrogens with one attached hydrogen (secondary N) is 1. The first-order valence-corrected chi connectivity index (χ1v) is 7.83. The van der Waals surface area contributed by atoms with Crippen LogP contribution in [0.25, 0.3) is 10.1 Å². The molecule has 2 unspecified atom stereocenters. The van der Waals surface area contributed by atoms with E-state index >= 15 is 0 Å². The van der Waals surface area contributed by atoms with Crippen LogP contribution in [0.5, 0.6) is 0 Å². The Morgan fingerprint density at radius 2 is 2.16 bits per heavy atom. The minimum atomic E-state index is -0.275. The molecule has 0 radical (unpaired) electrons. The number of benzene rings is 1. The van der Waals surface area contributed by atoms with Crippen molar-refractivity contribution in [2.24, 2.45) is 0 Å². The van der Waals surface area contributed by atoms with Crippen LogP contribution in [-0.4, -0.2) is 16.8 Å². The Hall–Kier alpha value is -0.940. The zero-order valence-electron chi connectivity index (χ0n) is 10.7. The van der Waals surface area contributed by atoms with Gasteiger partial charge in [0, 0.05) is 15.6 Å². The van der Waals surface area contributed by atoms with E-state index in [4.69, 9.17) is 0 Å². The summed E-state index contributed by atoms with van der Waals surface area (Å²) in [5.74, 6) is -0.370. The molecule has 2 rings (SSSR count). The van der Waals surface area contributed by atoms with E-state index in [-0.39, 0.29) is 17.8 Å². The monoisotopic (exact) mass is 343 g/mol. The summed E-state index contributed by atoms with van der Waals surface area (Å²) in [6.45, 7) is 4.02. The molecule has 0 bridgehead atoms. The lowest BCUT2D eigenvalue weighted by atomic mass is 10.2. The molecule has 1 N–H and O–H groups in total. The van der Waals surface area contributed by atoms with Gasteiger partial charge < -0.3 is 5.32 Å². The molecule has 0 aliphatic rings. The van der Waals surface area contributed by atoms with Gasteiger partial charge in [0.05, 0.1) is 4.88 Å². The van der Waals surface area contributed by atoms with Crippen LogP contribution in [0, 0.1) is 5.82 Å². The van der Waals surface area contributed by atoms with Crippen LogP contribution in [0.1, 0.15) is 29.9 Å². The smallest absolute Gasteiger partial charge is 0.261 e. The van der Waals surface area contributed by atoms with Crippen LogP contribution in [0.3, 0.4) is 0 Å². The molecule has 0 saturated heterocycles. The number of rotatable bonds is 4. The first-order valence-electron chi connectivity index (χ1n) is 6.09. The number of carbonyl (C=O) groups is 1. The van der Waals surface area contributed by atoms with Gasteiger partial charge in [-0.25, -0.2) is 4.39 Å². The summed E-state index contributed by atoms with van der Waals surface area (Å²) >= 11 is 4.78. The van der Waals surface area contributed by atoms with Crippen molar-refractivity contribution in [3.05, 3.63) is 35.0 Å². The van der Waals surface area contributed by atoms with Crippen molar-refractivity contribution in [2.75, 3.05) is 0 Å². The predicted molar refractivity (Wildman–Crippen MR) is 81.7 cm³/mol. The standard InChI is InChI=1S/C14H15BrFNOS/c1-8(15)5-9(2)17-14(18)13-6-10-3-4-11(16)7-12(10)19-13/h3-4,6-9H,5H2,1-2H3,(H,17,18). The topological polar surface area (TPSA) is 29.1 Å². The molecule has 0 aliphatic heterocycles. The van der Waals surface area contributed by atoms with E-state index in [1.54, 1.807) is 12.1 Å². The number of thiophene rings is 1. The molecule has 19 heavy (non-hydrogen) atoms. The average molecular weight is 344 g/mol. The molecule has 2 atom stereocenters. The Balaban J connectivity index is 2.13. The quantitative estimate of drug-likeness (QED) is 0.822. The normalized spacial score (nSPS) is 14.3. The maximum absolute atomic E-state index is 13.1. The van der Waals surface area contributed by atoms with Crippen molar-refractivity contribution in [3.63, 3.8) is 0 Å². The van der Waals surface area contributed by atoms with Crippen LogP contribution in [0.15, 0.2) is 24.3 Å². The number of hydrogen-bond acceptors (Lipinski definition) is 2. The first kappa shape index (κ1) is 14.5. The summed E-state index contributed by atoms with van der Waals surface area (Å²) in [7, 11) is 0. The van der Waals surface area contributed by atoms with Crippen LogP contribution >= 0.6 is 27.3 Å². The first-order chi connectivity index (χ1) is 8.95. The Kier molecular flexibility index (Phi) is 4.58. The molecule has 5 heteroatoms. The van der Waals surface area contributed by atoms with Gasteiger partial charge in [0.25, 0.3) is 5.91 Å². The molecule has 1 aromatic carbocycles. The van der Waals surface area contributed by atoms with E-state index in [1.807, 2.05) is 13.8 Å². The number of hydrogen-bond donors (Lipinski definition) is 1. The van der Waals surface area contributed by atoms with Crippen LogP contribution in [-0.2, 0) is 0 Å². The second-order valence-corrected chi connectivity index (χ2v) is 7.33. The Morgan fingerprint density at radius 1 is 1.42 bits per heavy atom. The van der Waals surface area contributed by atoms with Gasteiger partial charge in [0.15, 0.2) is 0 Å². The summed E-state index contributed by atoms with van der Waals surface area (Å²) < 4.78 is 13.9. The van der Waals surface area contributed by atoms with E-state index in [0.717, 1.165) is 16.5 Å². The highest BCUT2D eigenvalue weighted by molar-refractivity contribution is 9.09. The van der Waals surface area contributed by atoms with Gasteiger partial charge in [-0.3, -0.25) is 4.79 Å². The zero-order valence-corrected chi connectivity index (χ0v) is 13.1. The van der Waals surface area contributed by atoms with Gasteiger partial charge in [-0.05, 0) is 36.9 Å². The van der Waals surface area contributed by atoms with E-state index in [9.17, 15) is 9.18 Å². The van der Waals surface area contributed by atoms with E-state index in [1.165, 1.54) is 23.5 Å². The predicted octanol–water partition coefficient (Wildman–Crippen LogP) is 4.33. The fourth-order valence-electron chi connectivity index (χ4n) is 1.96. The van der Waals surface area contributed by atoms with Gasteiger partial charge in [0.2, 0.25) is 0 Å². The number of amides is 1. The molecule has 2 nitrogen and oxygen atoms in total. The highest BCUT2D eigenvalue weighted by Crippen LogP contribution is 2.26. The molecule has 1 heterocycles.